The number of anilines is 1. The van der Waals surface area contributed by atoms with Crippen LogP contribution in [0, 0.1) is 0 Å². The molecule has 2 fully saturated rings. The van der Waals surface area contributed by atoms with Crippen LogP contribution in [0.15, 0.2) is 67.3 Å². The van der Waals surface area contributed by atoms with Gasteiger partial charge in [-0.05, 0) is 67.6 Å². The molecule has 2 aromatic carbocycles. The van der Waals surface area contributed by atoms with E-state index >= 15 is 0 Å². The van der Waals surface area contributed by atoms with Crippen molar-refractivity contribution in [2.24, 2.45) is 0 Å². The van der Waals surface area contributed by atoms with Crippen molar-refractivity contribution in [2.75, 3.05) is 31.2 Å². The second kappa shape index (κ2) is 13.5. The number of imidazole rings is 1. The Kier molecular flexibility index (Phi) is 10.8. The molecule has 3 aromatic rings. The number of ether oxygens (including phenoxy) is 3. The molecule has 2 aliphatic rings. The molecule has 5 rings (SSSR count). The maximum atomic E-state index is 6.48. The van der Waals surface area contributed by atoms with Gasteiger partial charge in [-0.15, -0.1) is 24.8 Å². The topological polar surface area (TPSA) is 48.8 Å². The van der Waals surface area contributed by atoms with Crippen LogP contribution in [0.25, 0.3) is 0 Å². The summed E-state index contributed by atoms with van der Waals surface area (Å²) >= 11 is 6.04. The predicted octanol–water partition coefficient (Wildman–Crippen LogP) is 6.19. The molecular weight excluding hydrogens is 521 g/mol. The third kappa shape index (κ3) is 7.53. The fourth-order valence-corrected chi connectivity index (χ4v) is 4.86. The van der Waals surface area contributed by atoms with Crippen LogP contribution in [0.4, 0.5) is 5.69 Å². The van der Waals surface area contributed by atoms with E-state index in [4.69, 9.17) is 25.8 Å². The van der Waals surface area contributed by atoms with Crippen molar-refractivity contribution in [3.8, 4) is 5.75 Å². The SMILES string of the molecule is Cl.Cl.Clc1ccc(CCC2(Cn3ccnc3)OCC(COc3ccc(N4CCCCC4)cc3)O2)cc1. The Hall–Kier alpha value is -1.96. The molecule has 1 aromatic heterocycles. The van der Waals surface area contributed by atoms with Crippen LogP contribution in [-0.2, 0) is 22.4 Å². The third-order valence-corrected chi connectivity index (χ3v) is 6.85. The van der Waals surface area contributed by atoms with Crippen molar-refractivity contribution in [1.82, 2.24) is 9.55 Å². The number of nitrogens with zero attached hydrogens (tertiary/aromatic N) is 3. The van der Waals surface area contributed by atoms with E-state index in [1.165, 1.54) is 30.5 Å². The first-order valence-corrected chi connectivity index (χ1v) is 12.6. The van der Waals surface area contributed by atoms with Gasteiger partial charge in [-0.1, -0.05) is 23.7 Å². The van der Waals surface area contributed by atoms with Gasteiger partial charge in [0.15, 0.2) is 5.79 Å². The van der Waals surface area contributed by atoms with Crippen LogP contribution in [0.3, 0.4) is 0 Å². The lowest BCUT2D eigenvalue weighted by Gasteiger charge is -2.29. The van der Waals surface area contributed by atoms with Gasteiger partial charge in [-0.25, -0.2) is 4.98 Å². The number of hydrogen-bond acceptors (Lipinski definition) is 5. The van der Waals surface area contributed by atoms with Gasteiger partial charge in [0.2, 0.25) is 0 Å². The smallest absolute Gasteiger partial charge is 0.187 e. The molecule has 196 valence electrons. The molecule has 0 aliphatic carbocycles. The largest absolute Gasteiger partial charge is 0.491 e. The number of hydrogen-bond donors (Lipinski definition) is 0. The van der Waals surface area contributed by atoms with Crippen molar-refractivity contribution < 1.29 is 14.2 Å². The summed E-state index contributed by atoms with van der Waals surface area (Å²) < 4.78 is 20.8. The second-order valence-corrected chi connectivity index (χ2v) is 9.61. The lowest BCUT2D eigenvalue weighted by atomic mass is 10.0. The predicted molar refractivity (Wildman–Crippen MR) is 148 cm³/mol. The maximum Gasteiger partial charge on any atom is 0.187 e. The Morgan fingerprint density at radius 3 is 2.44 bits per heavy atom. The molecule has 2 atom stereocenters. The van der Waals surface area contributed by atoms with Crippen LogP contribution in [0.2, 0.25) is 5.02 Å². The second-order valence-electron chi connectivity index (χ2n) is 9.18. The average Bonchev–Trinajstić information content (AvgIpc) is 3.54. The van der Waals surface area contributed by atoms with E-state index in [1.54, 1.807) is 12.5 Å². The lowest BCUT2D eigenvalue weighted by molar-refractivity contribution is -0.184. The molecule has 36 heavy (non-hydrogen) atoms. The molecule has 9 heteroatoms. The minimum Gasteiger partial charge on any atom is -0.491 e. The summed E-state index contributed by atoms with van der Waals surface area (Å²) in [4.78, 5) is 6.62. The number of halogens is 3. The van der Waals surface area contributed by atoms with Crippen molar-refractivity contribution in [3.05, 3.63) is 77.8 Å². The van der Waals surface area contributed by atoms with E-state index < -0.39 is 5.79 Å². The molecule has 0 saturated carbocycles. The quantitative estimate of drug-likeness (QED) is 0.315. The Labute approximate surface area is 230 Å². The summed E-state index contributed by atoms with van der Waals surface area (Å²) in [7, 11) is 0. The zero-order chi connectivity index (χ0) is 23.2. The van der Waals surface area contributed by atoms with Crippen molar-refractivity contribution in [1.29, 1.82) is 0 Å². The van der Waals surface area contributed by atoms with Gasteiger partial charge in [0, 0.05) is 42.6 Å². The number of benzene rings is 2. The summed E-state index contributed by atoms with van der Waals surface area (Å²) in [6.45, 7) is 3.82. The number of aryl methyl sites for hydroxylation is 1. The van der Waals surface area contributed by atoms with Gasteiger partial charge in [0.1, 0.15) is 18.5 Å². The standard InChI is InChI=1S/C27H32ClN3O3.2ClH/c28-23-6-4-22(5-7-23)12-13-27(20-30-17-14-29-21-30)33-19-26(34-27)18-32-25-10-8-24(9-11-25)31-15-2-1-3-16-31;;/h4-11,14,17,21,26H,1-3,12-13,15-16,18-20H2;2*1H. The van der Waals surface area contributed by atoms with Gasteiger partial charge >= 0.3 is 0 Å². The molecule has 2 saturated heterocycles. The molecule has 3 heterocycles. The van der Waals surface area contributed by atoms with Crippen molar-refractivity contribution >= 4 is 42.1 Å². The van der Waals surface area contributed by atoms with Gasteiger partial charge in [-0.3, -0.25) is 0 Å². The van der Waals surface area contributed by atoms with Crippen LogP contribution in [-0.4, -0.2) is 47.7 Å². The highest BCUT2D eigenvalue weighted by molar-refractivity contribution is 6.30. The molecule has 2 aliphatic heterocycles. The van der Waals surface area contributed by atoms with Crippen LogP contribution in [0.1, 0.15) is 31.2 Å². The van der Waals surface area contributed by atoms with Gasteiger partial charge in [-0.2, -0.15) is 0 Å². The first-order chi connectivity index (χ1) is 16.7. The van der Waals surface area contributed by atoms with E-state index in [2.05, 4.69) is 46.3 Å². The van der Waals surface area contributed by atoms with Crippen molar-refractivity contribution in [3.63, 3.8) is 0 Å². The van der Waals surface area contributed by atoms with Crippen molar-refractivity contribution in [2.45, 2.75) is 50.5 Å². The van der Waals surface area contributed by atoms with Gasteiger partial charge < -0.3 is 23.7 Å². The van der Waals surface area contributed by atoms with Crippen LogP contribution in [0.5, 0.6) is 5.75 Å². The minimum absolute atomic E-state index is 0. The number of rotatable bonds is 9. The monoisotopic (exact) mass is 553 g/mol. The molecule has 2 unspecified atom stereocenters. The fourth-order valence-electron chi connectivity index (χ4n) is 4.73. The summed E-state index contributed by atoms with van der Waals surface area (Å²) in [5.74, 6) is 0.143. The van der Waals surface area contributed by atoms with Gasteiger partial charge in [0.25, 0.3) is 0 Å². The highest BCUT2D eigenvalue weighted by Gasteiger charge is 2.42. The highest BCUT2D eigenvalue weighted by atomic mass is 35.5. The Bertz CT molecular complexity index is 1030. The zero-order valence-corrected chi connectivity index (χ0v) is 22.6. The molecular formula is C27H34Cl3N3O3. The van der Waals surface area contributed by atoms with E-state index in [-0.39, 0.29) is 30.9 Å². The Morgan fingerprint density at radius 2 is 1.75 bits per heavy atom. The Morgan fingerprint density at radius 1 is 1.00 bits per heavy atom. The van der Waals surface area contributed by atoms with E-state index in [0.29, 0.717) is 19.8 Å². The molecule has 6 nitrogen and oxygen atoms in total. The minimum atomic E-state index is -0.716. The normalized spacial score (nSPS) is 21.5. The molecule has 0 radical (unpaired) electrons. The number of piperidine rings is 1. The molecule has 0 bridgehead atoms. The lowest BCUT2D eigenvalue weighted by Crippen LogP contribution is -2.37. The summed E-state index contributed by atoms with van der Waals surface area (Å²) in [6.07, 6.45) is 10.8. The first kappa shape index (κ1) is 28.6. The Balaban J connectivity index is 0.00000180. The van der Waals surface area contributed by atoms with E-state index in [0.717, 1.165) is 36.7 Å². The first-order valence-electron chi connectivity index (χ1n) is 12.2. The van der Waals surface area contributed by atoms with Crippen LogP contribution >= 0.6 is 36.4 Å². The van der Waals surface area contributed by atoms with Gasteiger partial charge in [0.05, 0.1) is 19.5 Å². The highest BCUT2D eigenvalue weighted by Crippen LogP contribution is 2.32. The van der Waals surface area contributed by atoms with E-state index in [9.17, 15) is 0 Å². The zero-order valence-electron chi connectivity index (χ0n) is 20.3. The molecule has 0 spiro atoms. The summed E-state index contributed by atoms with van der Waals surface area (Å²) in [6, 6.07) is 16.4. The maximum absolute atomic E-state index is 6.48. The average molecular weight is 555 g/mol. The fraction of sp³-hybridized carbons (Fsp3) is 0.444. The molecule has 0 N–H and O–H groups in total. The third-order valence-electron chi connectivity index (χ3n) is 6.60. The summed E-state index contributed by atoms with van der Waals surface area (Å²) in [5.41, 5.74) is 2.48. The van der Waals surface area contributed by atoms with Crippen LogP contribution < -0.4 is 9.64 Å². The number of aromatic nitrogens is 2. The summed E-state index contributed by atoms with van der Waals surface area (Å²) in [5, 5.41) is 0.742. The molecule has 0 amide bonds. The van der Waals surface area contributed by atoms with E-state index in [1.807, 2.05) is 22.9 Å².